The summed E-state index contributed by atoms with van der Waals surface area (Å²) in [6.07, 6.45) is 0.584. The van der Waals surface area contributed by atoms with Gasteiger partial charge in [0.1, 0.15) is 17.5 Å². The summed E-state index contributed by atoms with van der Waals surface area (Å²) in [5.41, 5.74) is 1.83. The molecule has 3 rings (SSSR count). The predicted molar refractivity (Wildman–Crippen MR) is 146 cm³/mol. The molecule has 0 heterocycles. The second kappa shape index (κ2) is 14.1. The lowest BCUT2D eigenvalue weighted by Gasteiger charge is -2.29. The molecule has 1 atom stereocenters. The minimum atomic E-state index is -0.746. The maximum Gasteiger partial charge on any atom is 0.261 e. The van der Waals surface area contributed by atoms with Crippen molar-refractivity contribution in [1.82, 2.24) is 10.2 Å². The number of benzene rings is 3. The molecule has 0 saturated heterocycles. The topological polar surface area (TPSA) is 86.3 Å². The van der Waals surface area contributed by atoms with Gasteiger partial charge in [-0.1, -0.05) is 41.9 Å². The molecule has 0 saturated carbocycles. The maximum atomic E-state index is 13.3. The van der Waals surface area contributed by atoms with Crippen LogP contribution in [0.5, 0.6) is 23.0 Å². The van der Waals surface area contributed by atoms with Gasteiger partial charge >= 0.3 is 0 Å². The fourth-order valence-electron chi connectivity index (χ4n) is 3.81. The Hall–Kier alpha value is -3.91. The van der Waals surface area contributed by atoms with Crippen LogP contribution in [-0.4, -0.2) is 57.2 Å². The number of halogens is 1. The second-order valence-corrected chi connectivity index (χ2v) is 8.90. The van der Waals surface area contributed by atoms with Gasteiger partial charge in [-0.2, -0.15) is 0 Å². The van der Waals surface area contributed by atoms with E-state index in [0.717, 1.165) is 11.1 Å². The molecule has 0 aliphatic heterocycles. The zero-order chi connectivity index (χ0) is 27.5. The van der Waals surface area contributed by atoms with E-state index in [1.165, 1.54) is 4.90 Å². The van der Waals surface area contributed by atoms with Crippen molar-refractivity contribution in [2.75, 3.05) is 34.5 Å². The summed E-state index contributed by atoms with van der Waals surface area (Å²) in [5.74, 6) is 1.75. The van der Waals surface area contributed by atoms with Gasteiger partial charge in [-0.3, -0.25) is 9.59 Å². The molecule has 0 aliphatic rings. The van der Waals surface area contributed by atoms with E-state index in [1.807, 2.05) is 42.5 Å². The normalized spacial score (nSPS) is 11.3. The standard InChI is InChI=1S/C29H33ClN2O6/c1-20(29(34)31-16-15-21-11-14-26(36-3)27(17-21)37-4)32(18-22-9-12-23(35-2)13-10-22)28(33)19-38-25-8-6-5-7-24(25)30/h5-14,17,20H,15-16,18-19H2,1-4H3,(H,31,34). The van der Waals surface area contributed by atoms with Gasteiger partial charge in [0.2, 0.25) is 5.91 Å². The van der Waals surface area contributed by atoms with Crippen LogP contribution in [0.1, 0.15) is 18.1 Å². The first kappa shape index (κ1) is 28.7. The highest BCUT2D eigenvalue weighted by atomic mass is 35.5. The van der Waals surface area contributed by atoms with E-state index in [-0.39, 0.29) is 25.0 Å². The molecule has 0 spiro atoms. The van der Waals surface area contributed by atoms with E-state index in [2.05, 4.69) is 5.32 Å². The number of nitrogens with one attached hydrogen (secondary N) is 1. The molecule has 3 aromatic carbocycles. The Bertz CT molecular complexity index is 1220. The van der Waals surface area contributed by atoms with Crippen molar-refractivity contribution in [2.45, 2.75) is 25.9 Å². The molecule has 3 aromatic rings. The van der Waals surface area contributed by atoms with Gasteiger partial charge < -0.3 is 29.2 Å². The van der Waals surface area contributed by atoms with Crippen LogP contribution >= 0.6 is 11.6 Å². The van der Waals surface area contributed by atoms with Crippen molar-refractivity contribution in [2.24, 2.45) is 0 Å². The number of hydrogen-bond donors (Lipinski definition) is 1. The third-order valence-electron chi connectivity index (χ3n) is 6.03. The van der Waals surface area contributed by atoms with Gasteiger partial charge in [-0.05, 0) is 60.9 Å². The largest absolute Gasteiger partial charge is 0.497 e. The number of para-hydroxylation sites is 1. The lowest BCUT2D eigenvalue weighted by atomic mass is 10.1. The highest BCUT2D eigenvalue weighted by molar-refractivity contribution is 6.32. The fraction of sp³-hybridized carbons (Fsp3) is 0.310. The summed E-state index contributed by atoms with van der Waals surface area (Å²) in [7, 11) is 4.75. The summed E-state index contributed by atoms with van der Waals surface area (Å²) in [5, 5.41) is 3.34. The summed E-state index contributed by atoms with van der Waals surface area (Å²) in [4.78, 5) is 27.8. The zero-order valence-electron chi connectivity index (χ0n) is 22.0. The van der Waals surface area contributed by atoms with Crippen LogP contribution in [0.15, 0.2) is 66.7 Å². The molecule has 1 N–H and O–H groups in total. The number of nitrogens with zero attached hydrogens (tertiary/aromatic N) is 1. The summed E-state index contributed by atoms with van der Waals surface area (Å²) >= 11 is 6.16. The second-order valence-electron chi connectivity index (χ2n) is 8.50. The minimum absolute atomic E-state index is 0.221. The quantitative estimate of drug-likeness (QED) is 0.343. The lowest BCUT2D eigenvalue weighted by Crippen LogP contribution is -2.49. The summed E-state index contributed by atoms with van der Waals surface area (Å²) in [6, 6.07) is 19.1. The molecule has 0 aliphatic carbocycles. The third-order valence-corrected chi connectivity index (χ3v) is 6.34. The van der Waals surface area contributed by atoms with Crippen LogP contribution in [0.25, 0.3) is 0 Å². The third kappa shape index (κ3) is 7.79. The van der Waals surface area contributed by atoms with Crippen LogP contribution in [0.3, 0.4) is 0 Å². The van der Waals surface area contributed by atoms with E-state index >= 15 is 0 Å². The lowest BCUT2D eigenvalue weighted by molar-refractivity contribution is -0.142. The first-order valence-corrected chi connectivity index (χ1v) is 12.5. The first-order valence-electron chi connectivity index (χ1n) is 12.1. The molecule has 0 bridgehead atoms. The number of hydrogen-bond acceptors (Lipinski definition) is 6. The summed E-state index contributed by atoms with van der Waals surface area (Å²) in [6.45, 7) is 2.05. The minimum Gasteiger partial charge on any atom is -0.497 e. The van der Waals surface area contributed by atoms with Gasteiger partial charge in [0.15, 0.2) is 18.1 Å². The molecule has 38 heavy (non-hydrogen) atoms. The molecule has 0 aromatic heterocycles. The van der Waals surface area contributed by atoms with Gasteiger partial charge in [0.25, 0.3) is 5.91 Å². The van der Waals surface area contributed by atoms with E-state index in [1.54, 1.807) is 52.5 Å². The van der Waals surface area contributed by atoms with Gasteiger partial charge in [0.05, 0.1) is 26.4 Å². The molecular formula is C29H33ClN2O6. The van der Waals surface area contributed by atoms with E-state index < -0.39 is 6.04 Å². The number of amides is 2. The van der Waals surface area contributed by atoms with Crippen molar-refractivity contribution in [3.63, 3.8) is 0 Å². The van der Waals surface area contributed by atoms with Crippen LogP contribution in [-0.2, 0) is 22.6 Å². The molecule has 202 valence electrons. The Morgan fingerprint density at radius 3 is 2.21 bits per heavy atom. The average molecular weight is 541 g/mol. The molecule has 0 fully saturated rings. The van der Waals surface area contributed by atoms with E-state index in [4.69, 9.17) is 30.5 Å². The Balaban J connectivity index is 1.67. The number of carbonyl (C=O) groups excluding carboxylic acids is 2. The van der Waals surface area contributed by atoms with Gasteiger partial charge in [0, 0.05) is 13.1 Å². The van der Waals surface area contributed by atoms with Crippen LogP contribution in [0.2, 0.25) is 5.02 Å². The van der Waals surface area contributed by atoms with Crippen molar-refractivity contribution < 1.29 is 28.5 Å². The van der Waals surface area contributed by atoms with Crippen molar-refractivity contribution in [3.05, 3.63) is 82.9 Å². The molecule has 2 amide bonds. The number of ether oxygens (including phenoxy) is 4. The van der Waals surface area contributed by atoms with Crippen molar-refractivity contribution in [3.8, 4) is 23.0 Å². The van der Waals surface area contributed by atoms with E-state index in [0.29, 0.717) is 41.0 Å². The predicted octanol–water partition coefficient (Wildman–Crippen LogP) is 4.52. The number of methoxy groups -OCH3 is 3. The molecule has 0 radical (unpaired) electrons. The van der Waals surface area contributed by atoms with Crippen LogP contribution in [0.4, 0.5) is 0 Å². The van der Waals surface area contributed by atoms with Crippen LogP contribution in [0, 0.1) is 0 Å². The van der Waals surface area contributed by atoms with Crippen LogP contribution < -0.4 is 24.3 Å². The highest BCUT2D eigenvalue weighted by Gasteiger charge is 2.26. The fourth-order valence-corrected chi connectivity index (χ4v) is 4.00. The van der Waals surface area contributed by atoms with Gasteiger partial charge in [-0.25, -0.2) is 0 Å². The molecule has 9 heteroatoms. The van der Waals surface area contributed by atoms with E-state index in [9.17, 15) is 9.59 Å². The Morgan fingerprint density at radius 2 is 1.55 bits per heavy atom. The molecular weight excluding hydrogens is 508 g/mol. The Kier molecular flexibility index (Phi) is 10.7. The van der Waals surface area contributed by atoms with Crippen molar-refractivity contribution in [1.29, 1.82) is 0 Å². The molecule has 1 unspecified atom stereocenters. The highest BCUT2D eigenvalue weighted by Crippen LogP contribution is 2.27. The Labute approximate surface area is 228 Å². The maximum absolute atomic E-state index is 13.3. The SMILES string of the molecule is COc1ccc(CN(C(=O)COc2ccccc2Cl)C(C)C(=O)NCCc2ccc(OC)c(OC)c2)cc1. The number of rotatable bonds is 13. The van der Waals surface area contributed by atoms with Gasteiger partial charge in [-0.15, -0.1) is 0 Å². The monoisotopic (exact) mass is 540 g/mol. The average Bonchev–Trinajstić information content (AvgIpc) is 2.95. The van der Waals surface area contributed by atoms with Crippen molar-refractivity contribution >= 4 is 23.4 Å². The Morgan fingerprint density at radius 1 is 0.868 bits per heavy atom. The smallest absolute Gasteiger partial charge is 0.261 e. The summed E-state index contributed by atoms with van der Waals surface area (Å²) < 4.78 is 21.5. The first-order chi connectivity index (χ1) is 18.4. The molecule has 8 nitrogen and oxygen atoms in total. The number of carbonyl (C=O) groups is 2. The zero-order valence-corrected chi connectivity index (χ0v) is 22.8.